The number of nitrogens with two attached hydrogens (primary N) is 1. The number of rotatable bonds is 7. The van der Waals surface area contributed by atoms with Crippen molar-refractivity contribution >= 4 is 39.9 Å². The van der Waals surface area contributed by atoms with Crippen LogP contribution in [0, 0.1) is 0 Å². The fourth-order valence-electron chi connectivity index (χ4n) is 2.32. The molecule has 3 aromatic rings. The first-order valence-electron chi connectivity index (χ1n) is 8.14. The van der Waals surface area contributed by atoms with E-state index in [1.165, 1.54) is 28.7 Å². The summed E-state index contributed by atoms with van der Waals surface area (Å²) in [4.78, 5) is 23.5. The molecule has 27 heavy (non-hydrogen) atoms. The largest absolute Gasteiger partial charge is 0.366 e. The highest BCUT2D eigenvalue weighted by atomic mass is 32.2. The van der Waals surface area contributed by atoms with E-state index in [1.807, 2.05) is 24.3 Å². The summed E-state index contributed by atoms with van der Waals surface area (Å²) in [5.41, 5.74) is 7.62. The smallest absolute Gasteiger partial charge is 0.251 e. The van der Waals surface area contributed by atoms with Crippen LogP contribution in [0.2, 0.25) is 0 Å². The van der Waals surface area contributed by atoms with E-state index < -0.39 is 5.91 Å². The van der Waals surface area contributed by atoms with E-state index >= 15 is 0 Å². The molecule has 140 valence electrons. The lowest BCUT2D eigenvalue weighted by atomic mass is 10.0. The van der Waals surface area contributed by atoms with Gasteiger partial charge < -0.3 is 11.1 Å². The van der Waals surface area contributed by atoms with E-state index in [1.54, 1.807) is 16.1 Å². The molecule has 2 amide bonds. The molecular weight excluding hydrogens is 384 g/mol. The average molecular weight is 403 g/mol. The Hall–Kier alpha value is -2.72. The van der Waals surface area contributed by atoms with Gasteiger partial charge in [-0.25, -0.2) is 0 Å². The van der Waals surface area contributed by atoms with Gasteiger partial charge in [0, 0.05) is 0 Å². The number of thioether (sulfide) groups is 1. The van der Waals surface area contributed by atoms with Crippen LogP contribution in [0.3, 0.4) is 0 Å². The lowest BCUT2D eigenvalue weighted by molar-refractivity contribution is -0.113. The maximum Gasteiger partial charge on any atom is 0.251 e. The predicted molar refractivity (Wildman–Crippen MR) is 105 cm³/mol. The number of tetrazole rings is 1. The van der Waals surface area contributed by atoms with Crippen LogP contribution in [0.25, 0.3) is 5.69 Å². The number of hydrogen-bond donors (Lipinski definition) is 2. The van der Waals surface area contributed by atoms with Gasteiger partial charge in [0.15, 0.2) is 0 Å². The first-order valence-corrected chi connectivity index (χ1v) is 10.0. The number of anilines is 1. The van der Waals surface area contributed by atoms with Gasteiger partial charge >= 0.3 is 0 Å². The van der Waals surface area contributed by atoms with Crippen molar-refractivity contribution < 1.29 is 9.59 Å². The summed E-state index contributed by atoms with van der Waals surface area (Å²) in [6, 6.07) is 9.54. The highest BCUT2D eigenvalue weighted by Gasteiger charge is 2.15. The fraction of sp³-hybridized carbons (Fsp3) is 0.235. The van der Waals surface area contributed by atoms with E-state index in [-0.39, 0.29) is 11.7 Å². The quantitative estimate of drug-likeness (QED) is 0.587. The van der Waals surface area contributed by atoms with Crippen LogP contribution in [0.4, 0.5) is 5.00 Å². The summed E-state index contributed by atoms with van der Waals surface area (Å²) in [6.45, 7) is 4.26. The number of nitrogens with one attached hydrogen (secondary N) is 1. The summed E-state index contributed by atoms with van der Waals surface area (Å²) >= 11 is 2.45. The molecule has 8 nitrogen and oxygen atoms in total. The standard InChI is InChI=1S/C17H18N6O2S2/c1-10(2)11-3-5-12(6-4-11)23-17(20-21-22-23)27-9-14(24)19-16-13(15(18)25)7-8-26-16/h3-8,10H,9H2,1-2H3,(H2,18,25)(H,19,24). The van der Waals surface area contributed by atoms with Crippen LogP contribution in [0.5, 0.6) is 0 Å². The third kappa shape index (κ3) is 4.52. The van der Waals surface area contributed by atoms with Gasteiger partial charge in [-0.3, -0.25) is 9.59 Å². The molecule has 0 saturated heterocycles. The second-order valence-corrected chi connectivity index (χ2v) is 7.84. The first kappa shape index (κ1) is 19.1. The zero-order valence-electron chi connectivity index (χ0n) is 14.7. The van der Waals surface area contributed by atoms with Gasteiger partial charge in [-0.1, -0.05) is 37.7 Å². The van der Waals surface area contributed by atoms with E-state index in [9.17, 15) is 9.59 Å². The third-order valence-corrected chi connectivity index (χ3v) is 5.51. The topological polar surface area (TPSA) is 116 Å². The van der Waals surface area contributed by atoms with Crippen molar-refractivity contribution in [2.24, 2.45) is 5.73 Å². The minimum absolute atomic E-state index is 0.0978. The zero-order chi connectivity index (χ0) is 19.4. The van der Waals surface area contributed by atoms with Crippen molar-refractivity contribution in [1.29, 1.82) is 0 Å². The Kier molecular flexibility index (Phi) is 5.87. The summed E-state index contributed by atoms with van der Waals surface area (Å²) in [5, 5.41) is 17.0. The van der Waals surface area contributed by atoms with Gasteiger partial charge in [-0.15, -0.1) is 16.4 Å². The van der Waals surface area contributed by atoms with Gasteiger partial charge in [-0.2, -0.15) is 4.68 Å². The molecule has 0 fully saturated rings. The second kappa shape index (κ2) is 8.31. The normalized spacial score (nSPS) is 10.9. The molecule has 0 bridgehead atoms. The van der Waals surface area contributed by atoms with Crippen LogP contribution in [-0.2, 0) is 4.79 Å². The van der Waals surface area contributed by atoms with E-state index in [0.29, 0.717) is 21.6 Å². The lowest BCUT2D eigenvalue weighted by Gasteiger charge is -2.08. The van der Waals surface area contributed by atoms with E-state index in [4.69, 9.17) is 5.73 Å². The number of benzene rings is 1. The highest BCUT2D eigenvalue weighted by Crippen LogP contribution is 2.24. The van der Waals surface area contributed by atoms with Crippen molar-refractivity contribution in [2.45, 2.75) is 24.9 Å². The Labute approximate surface area is 164 Å². The summed E-state index contributed by atoms with van der Waals surface area (Å²) in [5.74, 6) is -0.309. The van der Waals surface area contributed by atoms with Gasteiger partial charge in [0.1, 0.15) is 5.00 Å². The zero-order valence-corrected chi connectivity index (χ0v) is 16.4. The Bertz CT molecular complexity index is 949. The number of carbonyl (C=O) groups excluding carboxylic acids is 2. The van der Waals surface area contributed by atoms with Crippen LogP contribution in [0.1, 0.15) is 35.7 Å². The minimum atomic E-state index is -0.576. The number of amides is 2. The van der Waals surface area contributed by atoms with E-state index in [2.05, 4.69) is 34.7 Å². The molecule has 2 aromatic heterocycles. The van der Waals surface area contributed by atoms with Crippen molar-refractivity contribution in [3.05, 3.63) is 46.8 Å². The number of aromatic nitrogens is 4. The SMILES string of the molecule is CC(C)c1ccc(-n2nnnc2SCC(=O)Nc2sccc2C(N)=O)cc1. The molecule has 0 saturated carbocycles. The summed E-state index contributed by atoms with van der Waals surface area (Å²) in [7, 11) is 0. The molecule has 3 rings (SSSR count). The minimum Gasteiger partial charge on any atom is -0.366 e. The fourth-order valence-corrected chi connectivity index (χ4v) is 3.82. The molecule has 0 aliphatic rings. The molecule has 0 unspecified atom stereocenters. The van der Waals surface area contributed by atoms with Crippen molar-refractivity contribution in [2.75, 3.05) is 11.1 Å². The molecule has 10 heteroatoms. The van der Waals surface area contributed by atoms with Crippen molar-refractivity contribution in [3.63, 3.8) is 0 Å². The number of nitrogens with zero attached hydrogens (tertiary/aromatic N) is 4. The van der Waals surface area contributed by atoms with Crippen molar-refractivity contribution in [3.8, 4) is 5.69 Å². The van der Waals surface area contributed by atoms with Gasteiger partial charge in [0.2, 0.25) is 11.1 Å². The maximum absolute atomic E-state index is 12.2. The summed E-state index contributed by atoms with van der Waals surface area (Å²) in [6.07, 6.45) is 0. The number of thiophene rings is 1. The van der Waals surface area contributed by atoms with Crippen molar-refractivity contribution in [1.82, 2.24) is 20.2 Å². The predicted octanol–water partition coefficient (Wildman–Crippen LogP) is 2.68. The van der Waals surface area contributed by atoms with Crippen LogP contribution in [0.15, 0.2) is 40.9 Å². The second-order valence-electron chi connectivity index (χ2n) is 5.98. The number of hydrogen-bond acceptors (Lipinski definition) is 7. The third-order valence-electron chi connectivity index (χ3n) is 3.76. The Balaban J connectivity index is 1.65. The Morgan fingerprint density at radius 3 is 2.67 bits per heavy atom. The monoisotopic (exact) mass is 402 g/mol. The maximum atomic E-state index is 12.2. The molecule has 0 atom stereocenters. The van der Waals surface area contributed by atoms with Crippen LogP contribution in [-0.4, -0.2) is 37.8 Å². The first-order chi connectivity index (χ1) is 13.0. The highest BCUT2D eigenvalue weighted by molar-refractivity contribution is 7.99. The molecule has 0 spiro atoms. The van der Waals surface area contributed by atoms with Crippen LogP contribution < -0.4 is 11.1 Å². The number of primary amides is 1. The van der Waals surface area contributed by atoms with Gasteiger partial charge in [-0.05, 0) is 45.5 Å². The molecular formula is C17H18N6O2S2. The Morgan fingerprint density at radius 1 is 1.26 bits per heavy atom. The molecule has 2 heterocycles. The molecule has 0 aliphatic heterocycles. The summed E-state index contributed by atoms with van der Waals surface area (Å²) < 4.78 is 1.59. The molecule has 1 aromatic carbocycles. The average Bonchev–Trinajstić information content (AvgIpc) is 3.29. The Morgan fingerprint density at radius 2 is 2.00 bits per heavy atom. The molecule has 0 radical (unpaired) electrons. The van der Waals surface area contributed by atoms with Crippen LogP contribution >= 0.6 is 23.1 Å². The molecule has 0 aliphatic carbocycles. The molecule has 3 N–H and O–H groups in total. The lowest BCUT2D eigenvalue weighted by Crippen LogP contribution is -2.18. The number of carbonyl (C=O) groups is 2. The van der Waals surface area contributed by atoms with Gasteiger partial charge in [0.05, 0.1) is 17.0 Å². The van der Waals surface area contributed by atoms with E-state index in [0.717, 1.165) is 5.69 Å². The van der Waals surface area contributed by atoms with Gasteiger partial charge in [0.25, 0.3) is 5.91 Å².